The molecule has 0 atom stereocenters. The van der Waals surface area contributed by atoms with Crippen molar-refractivity contribution in [2.24, 2.45) is 5.92 Å². The van der Waals surface area contributed by atoms with Crippen LogP contribution in [0.4, 0.5) is 4.79 Å². The smallest absolute Gasteiger partial charge is 0.410 e. The molecule has 0 spiro atoms. The Kier molecular flexibility index (Phi) is 5.16. The second kappa shape index (κ2) is 7.33. The van der Waals surface area contributed by atoms with E-state index in [-0.39, 0.29) is 6.09 Å². The van der Waals surface area contributed by atoms with Gasteiger partial charge < -0.3 is 18.8 Å². The second-order valence-electron chi connectivity index (χ2n) is 7.50. The zero-order chi connectivity index (χ0) is 17.9. The maximum absolute atomic E-state index is 12.1. The molecule has 0 saturated carbocycles. The lowest BCUT2D eigenvalue weighted by molar-refractivity contribution is 0.0176. The summed E-state index contributed by atoms with van der Waals surface area (Å²) in [6.07, 6.45) is 2.98. The highest BCUT2D eigenvalue weighted by Crippen LogP contribution is 2.24. The molecule has 1 aromatic heterocycles. The van der Waals surface area contributed by atoms with Gasteiger partial charge in [-0.2, -0.15) is 4.98 Å². The molecule has 2 heterocycles. The Morgan fingerprint density at radius 3 is 2.68 bits per heavy atom. The van der Waals surface area contributed by atoms with E-state index in [0.717, 1.165) is 43.5 Å². The number of ether oxygens (including phenoxy) is 2. The first-order valence-electron chi connectivity index (χ1n) is 8.87. The largest absolute Gasteiger partial charge is 0.450 e. The predicted octanol–water partition coefficient (Wildman–Crippen LogP) is 4.24. The Labute approximate surface area is 148 Å². The molecule has 1 aliphatic rings. The van der Waals surface area contributed by atoms with Crippen LogP contribution in [0.3, 0.4) is 0 Å². The molecule has 0 aliphatic carbocycles. The topological polar surface area (TPSA) is 64.8 Å². The molecule has 1 aliphatic heterocycles. The van der Waals surface area contributed by atoms with Gasteiger partial charge in [0.1, 0.15) is 11.1 Å². The van der Waals surface area contributed by atoms with Gasteiger partial charge in [0.25, 0.3) is 0 Å². The van der Waals surface area contributed by atoms with Gasteiger partial charge in [-0.25, -0.2) is 4.79 Å². The molecule has 0 unspecified atom stereocenters. The molecule has 1 amide bonds. The average molecular weight is 346 g/mol. The van der Waals surface area contributed by atoms with Crippen LogP contribution in [0.1, 0.15) is 40.0 Å². The number of rotatable bonds is 4. The number of carbonyl (C=O) groups is 1. The molecule has 3 rings (SSSR count). The molecular weight excluding hydrogens is 320 g/mol. The number of amides is 1. The van der Waals surface area contributed by atoms with E-state index in [1.807, 2.05) is 45.0 Å². The number of benzene rings is 1. The molecule has 1 aromatic carbocycles. The quantitative estimate of drug-likeness (QED) is 0.828. The number of hydrogen-bond acceptors (Lipinski definition) is 5. The summed E-state index contributed by atoms with van der Waals surface area (Å²) in [6, 6.07) is 7.61. The Balaban J connectivity index is 1.40. The van der Waals surface area contributed by atoms with Crippen LogP contribution in [0.15, 0.2) is 28.7 Å². The molecule has 0 bridgehead atoms. The Morgan fingerprint density at radius 2 is 2.00 bits per heavy atom. The molecule has 25 heavy (non-hydrogen) atoms. The molecule has 136 valence electrons. The van der Waals surface area contributed by atoms with Gasteiger partial charge in [0.2, 0.25) is 0 Å². The van der Waals surface area contributed by atoms with Crippen molar-refractivity contribution in [2.75, 3.05) is 19.7 Å². The average Bonchev–Trinajstić information content (AvgIpc) is 2.96. The molecule has 1 saturated heterocycles. The maximum Gasteiger partial charge on any atom is 0.410 e. The van der Waals surface area contributed by atoms with E-state index in [1.165, 1.54) is 0 Å². The minimum Gasteiger partial charge on any atom is -0.450 e. The lowest BCUT2D eigenvalue weighted by Gasteiger charge is -2.33. The zero-order valence-electron chi connectivity index (χ0n) is 15.2. The van der Waals surface area contributed by atoms with Crippen molar-refractivity contribution in [1.82, 2.24) is 9.88 Å². The summed E-state index contributed by atoms with van der Waals surface area (Å²) in [5.41, 5.74) is 1.10. The second-order valence-corrected chi connectivity index (χ2v) is 7.50. The highest BCUT2D eigenvalue weighted by atomic mass is 16.6. The molecule has 6 heteroatoms. The number of piperidine rings is 1. The van der Waals surface area contributed by atoms with E-state index in [4.69, 9.17) is 13.9 Å². The molecule has 0 radical (unpaired) electrons. The summed E-state index contributed by atoms with van der Waals surface area (Å²) in [5.74, 6) is 0.545. The minimum atomic E-state index is -0.443. The molecule has 6 nitrogen and oxygen atoms in total. The summed E-state index contributed by atoms with van der Waals surface area (Å²) in [7, 11) is 0. The predicted molar refractivity (Wildman–Crippen MR) is 94.7 cm³/mol. The Bertz CT molecular complexity index is 679. The Hall–Kier alpha value is -2.24. The fraction of sp³-hybridized carbons (Fsp3) is 0.579. The first-order chi connectivity index (χ1) is 11.9. The van der Waals surface area contributed by atoms with Crippen LogP contribution in [0.2, 0.25) is 0 Å². The highest BCUT2D eigenvalue weighted by molar-refractivity contribution is 5.72. The Morgan fingerprint density at radius 1 is 1.28 bits per heavy atom. The fourth-order valence-corrected chi connectivity index (χ4v) is 2.96. The SMILES string of the molecule is CC(C)(C)OC(=O)N1CCC(CCOc2nc3ccccc3o2)CC1. The van der Waals surface area contributed by atoms with Gasteiger partial charge in [0.05, 0.1) is 6.61 Å². The van der Waals surface area contributed by atoms with E-state index in [9.17, 15) is 4.79 Å². The first kappa shape index (κ1) is 17.6. The van der Waals surface area contributed by atoms with Gasteiger partial charge in [0, 0.05) is 13.1 Å². The third kappa shape index (κ3) is 4.87. The molecule has 0 N–H and O–H groups in total. The fourth-order valence-electron chi connectivity index (χ4n) is 2.96. The third-order valence-corrected chi connectivity index (χ3v) is 4.29. The number of carbonyl (C=O) groups excluding carboxylic acids is 1. The number of oxazole rings is 1. The van der Waals surface area contributed by atoms with Crippen molar-refractivity contribution in [2.45, 2.75) is 45.6 Å². The number of para-hydroxylation sites is 2. The summed E-state index contributed by atoms with van der Waals surface area (Å²) >= 11 is 0. The number of nitrogens with zero attached hydrogens (tertiary/aromatic N) is 2. The minimum absolute atomic E-state index is 0.214. The zero-order valence-corrected chi connectivity index (χ0v) is 15.2. The van der Waals surface area contributed by atoms with Crippen molar-refractivity contribution in [3.8, 4) is 6.08 Å². The van der Waals surface area contributed by atoms with E-state index in [2.05, 4.69) is 4.98 Å². The van der Waals surface area contributed by atoms with Gasteiger partial charge in [0.15, 0.2) is 5.58 Å². The lowest BCUT2D eigenvalue weighted by atomic mass is 9.94. The van der Waals surface area contributed by atoms with Crippen LogP contribution in [-0.4, -0.2) is 41.3 Å². The van der Waals surface area contributed by atoms with Crippen LogP contribution in [0.25, 0.3) is 11.1 Å². The van der Waals surface area contributed by atoms with Crippen molar-refractivity contribution in [1.29, 1.82) is 0 Å². The van der Waals surface area contributed by atoms with Crippen molar-refractivity contribution >= 4 is 17.2 Å². The summed E-state index contributed by atoms with van der Waals surface area (Å²) in [4.78, 5) is 18.2. The monoisotopic (exact) mass is 346 g/mol. The first-order valence-corrected chi connectivity index (χ1v) is 8.87. The van der Waals surface area contributed by atoms with Crippen molar-refractivity contribution in [3.63, 3.8) is 0 Å². The number of likely N-dealkylation sites (tertiary alicyclic amines) is 1. The summed E-state index contributed by atoms with van der Waals surface area (Å²) in [6.45, 7) is 7.72. The number of hydrogen-bond donors (Lipinski definition) is 0. The van der Waals surface area contributed by atoms with Crippen LogP contribution < -0.4 is 4.74 Å². The van der Waals surface area contributed by atoms with Crippen LogP contribution in [0.5, 0.6) is 6.08 Å². The summed E-state index contributed by atoms with van der Waals surface area (Å²) in [5, 5.41) is 0. The van der Waals surface area contributed by atoms with Crippen molar-refractivity contribution < 1.29 is 18.7 Å². The third-order valence-electron chi connectivity index (χ3n) is 4.29. The van der Waals surface area contributed by atoms with Crippen LogP contribution >= 0.6 is 0 Å². The van der Waals surface area contributed by atoms with E-state index < -0.39 is 5.60 Å². The van der Waals surface area contributed by atoms with Crippen LogP contribution in [0, 0.1) is 5.92 Å². The van der Waals surface area contributed by atoms with Gasteiger partial charge >= 0.3 is 12.2 Å². The number of fused-ring (bicyclic) bond motifs is 1. The maximum atomic E-state index is 12.1. The van der Waals surface area contributed by atoms with Gasteiger partial charge in [-0.05, 0) is 58.1 Å². The molecule has 1 fully saturated rings. The molecule has 2 aromatic rings. The number of aromatic nitrogens is 1. The standard InChI is InChI=1S/C19H26N2O4/c1-19(2,3)25-18(22)21-11-8-14(9-12-21)10-13-23-17-20-15-6-4-5-7-16(15)24-17/h4-7,14H,8-13H2,1-3H3. The van der Waals surface area contributed by atoms with Crippen molar-refractivity contribution in [3.05, 3.63) is 24.3 Å². The van der Waals surface area contributed by atoms with Gasteiger partial charge in [-0.1, -0.05) is 12.1 Å². The molecular formula is C19H26N2O4. The normalized spacial score (nSPS) is 16.2. The lowest BCUT2D eigenvalue weighted by Crippen LogP contribution is -2.41. The van der Waals surface area contributed by atoms with E-state index in [0.29, 0.717) is 18.6 Å². The summed E-state index contributed by atoms with van der Waals surface area (Å²) < 4.78 is 16.6. The van der Waals surface area contributed by atoms with Gasteiger partial charge in [-0.15, -0.1) is 0 Å². The van der Waals surface area contributed by atoms with Gasteiger partial charge in [-0.3, -0.25) is 0 Å². The van der Waals surface area contributed by atoms with E-state index >= 15 is 0 Å². The van der Waals surface area contributed by atoms with Crippen LogP contribution in [-0.2, 0) is 4.74 Å². The highest BCUT2D eigenvalue weighted by Gasteiger charge is 2.26. The van der Waals surface area contributed by atoms with E-state index in [1.54, 1.807) is 4.90 Å².